The van der Waals surface area contributed by atoms with Crippen molar-refractivity contribution in [3.63, 3.8) is 0 Å². The first-order valence-corrected chi connectivity index (χ1v) is 6.50. The van der Waals surface area contributed by atoms with E-state index in [1.807, 2.05) is 0 Å². The lowest BCUT2D eigenvalue weighted by molar-refractivity contribution is -0.387. The third-order valence-corrected chi connectivity index (χ3v) is 3.38. The van der Waals surface area contributed by atoms with E-state index in [1.54, 1.807) is 18.2 Å². The standard InChI is InChI=1S/C13H6BrF3N2O3/c14-7-3-1-2-4-8(7)18-13(20)6-5-9(19(21)22)11(16)12(17)10(6)15/h1-5H,(H,18,20). The second-order valence-electron chi connectivity index (χ2n) is 4.08. The molecule has 0 aromatic heterocycles. The van der Waals surface area contributed by atoms with Gasteiger partial charge in [0, 0.05) is 10.5 Å². The van der Waals surface area contributed by atoms with Crippen molar-refractivity contribution in [2.24, 2.45) is 0 Å². The quantitative estimate of drug-likeness (QED) is 0.500. The van der Waals surface area contributed by atoms with Crippen LogP contribution in [0.4, 0.5) is 24.5 Å². The summed E-state index contributed by atoms with van der Waals surface area (Å²) in [6.07, 6.45) is 0. The molecular formula is C13H6BrF3N2O3. The Morgan fingerprint density at radius 1 is 1.14 bits per heavy atom. The number of anilines is 1. The Bertz CT molecular complexity index is 783. The summed E-state index contributed by atoms with van der Waals surface area (Å²) in [6, 6.07) is 6.63. The molecule has 0 saturated carbocycles. The summed E-state index contributed by atoms with van der Waals surface area (Å²) in [6.45, 7) is 0. The Morgan fingerprint density at radius 3 is 2.36 bits per heavy atom. The molecule has 0 aliphatic carbocycles. The monoisotopic (exact) mass is 374 g/mol. The highest BCUT2D eigenvalue weighted by Gasteiger charge is 2.28. The molecule has 2 rings (SSSR count). The molecule has 0 atom stereocenters. The summed E-state index contributed by atoms with van der Waals surface area (Å²) in [5.41, 5.74) is -2.06. The highest BCUT2D eigenvalue weighted by atomic mass is 79.9. The van der Waals surface area contributed by atoms with Crippen LogP contribution in [0.2, 0.25) is 0 Å². The number of nitro groups is 1. The molecule has 22 heavy (non-hydrogen) atoms. The fourth-order valence-corrected chi connectivity index (χ4v) is 2.02. The van der Waals surface area contributed by atoms with E-state index in [2.05, 4.69) is 21.2 Å². The average Bonchev–Trinajstić information content (AvgIpc) is 2.47. The molecule has 0 bridgehead atoms. The van der Waals surface area contributed by atoms with Crippen LogP contribution >= 0.6 is 15.9 Å². The smallest absolute Gasteiger partial charge is 0.308 e. The van der Waals surface area contributed by atoms with Gasteiger partial charge >= 0.3 is 5.69 Å². The van der Waals surface area contributed by atoms with Crippen molar-refractivity contribution in [1.29, 1.82) is 0 Å². The molecule has 5 nitrogen and oxygen atoms in total. The molecule has 0 heterocycles. The zero-order chi connectivity index (χ0) is 16.4. The molecular weight excluding hydrogens is 369 g/mol. The van der Waals surface area contributed by atoms with E-state index in [0.717, 1.165) is 0 Å². The highest BCUT2D eigenvalue weighted by Crippen LogP contribution is 2.27. The Hall–Kier alpha value is -2.42. The summed E-state index contributed by atoms with van der Waals surface area (Å²) in [5, 5.41) is 12.9. The van der Waals surface area contributed by atoms with Crippen LogP contribution in [0, 0.1) is 27.6 Å². The van der Waals surface area contributed by atoms with Crippen molar-refractivity contribution in [1.82, 2.24) is 0 Å². The first-order valence-electron chi connectivity index (χ1n) is 5.70. The lowest BCUT2D eigenvalue weighted by Gasteiger charge is -2.08. The Morgan fingerprint density at radius 2 is 1.77 bits per heavy atom. The number of hydrogen-bond acceptors (Lipinski definition) is 3. The molecule has 0 spiro atoms. The molecule has 9 heteroatoms. The number of nitro benzene ring substituents is 1. The molecule has 0 aliphatic heterocycles. The van der Waals surface area contributed by atoms with Gasteiger partial charge in [-0.05, 0) is 28.1 Å². The number of hydrogen-bond donors (Lipinski definition) is 1. The molecule has 2 aromatic rings. The number of nitrogens with zero attached hydrogens (tertiary/aromatic N) is 1. The van der Waals surface area contributed by atoms with Gasteiger partial charge in [0.2, 0.25) is 11.6 Å². The fraction of sp³-hybridized carbons (Fsp3) is 0. The van der Waals surface area contributed by atoms with Gasteiger partial charge in [-0.1, -0.05) is 12.1 Å². The second kappa shape index (κ2) is 6.14. The van der Waals surface area contributed by atoms with E-state index in [1.165, 1.54) is 6.07 Å². The van der Waals surface area contributed by atoms with Crippen LogP contribution in [-0.2, 0) is 0 Å². The first kappa shape index (κ1) is 16.0. The van der Waals surface area contributed by atoms with E-state index in [9.17, 15) is 28.1 Å². The summed E-state index contributed by atoms with van der Waals surface area (Å²) in [4.78, 5) is 21.3. The van der Waals surface area contributed by atoms with Gasteiger partial charge in [-0.2, -0.15) is 4.39 Å². The SMILES string of the molecule is O=C(Nc1ccccc1Br)c1cc([N+](=O)[O-])c(F)c(F)c1F. The number of amides is 1. The Balaban J connectivity index is 2.46. The molecule has 0 fully saturated rings. The Kier molecular flexibility index (Phi) is 4.45. The van der Waals surface area contributed by atoms with Gasteiger partial charge in [-0.15, -0.1) is 0 Å². The number of benzene rings is 2. The molecule has 1 N–H and O–H groups in total. The zero-order valence-corrected chi connectivity index (χ0v) is 12.2. The fourth-order valence-electron chi connectivity index (χ4n) is 1.64. The minimum atomic E-state index is -2.08. The van der Waals surface area contributed by atoms with Gasteiger partial charge in [-0.3, -0.25) is 14.9 Å². The van der Waals surface area contributed by atoms with Crippen molar-refractivity contribution >= 4 is 33.2 Å². The number of rotatable bonds is 3. The summed E-state index contributed by atoms with van der Waals surface area (Å²) >= 11 is 3.13. The van der Waals surface area contributed by atoms with Crippen molar-refractivity contribution in [2.75, 3.05) is 5.32 Å². The molecule has 0 aliphatic rings. The van der Waals surface area contributed by atoms with Crippen molar-refractivity contribution in [3.8, 4) is 0 Å². The minimum Gasteiger partial charge on any atom is -0.321 e. The first-order chi connectivity index (χ1) is 10.3. The molecule has 1 amide bonds. The van der Waals surface area contributed by atoms with E-state index in [4.69, 9.17) is 0 Å². The third-order valence-electron chi connectivity index (χ3n) is 2.69. The van der Waals surface area contributed by atoms with Crippen molar-refractivity contribution < 1.29 is 22.9 Å². The van der Waals surface area contributed by atoms with Crippen LogP contribution < -0.4 is 5.32 Å². The van der Waals surface area contributed by atoms with Crippen LogP contribution in [0.15, 0.2) is 34.8 Å². The molecule has 0 saturated heterocycles. The predicted octanol–water partition coefficient (Wildman–Crippen LogP) is 4.03. The third kappa shape index (κ3) is 2.93. The largest absolute Gasteiger partial charge is 0.321 e. The zero-order valence-electron chi connectivity index (χ0n) is 10.6. The van der Waals surface area contributed by atoms with Gasteiger partial charge in [0.25, 0.3) is 5.91 Å². The highest BCUT2D eigenvalue weighted by molar-refractivity contribution is 9.10. The van der Waals surface area contributed by atoms with E-state index < -0.39 is 39.5 Å². The average molecular weight is 375 g/mol. The van der Waals surface area contributed by atoms with Gasteiger partial charge in [0.1, 0.15) is 0 Å². The van der Waals surface area contributed by atoms with Gasteiger partial charge in [0.15, 0.2) is 5.82 Å². The van der Waals surface area contributed by atoms with Crippen LogP contribution in [0.3, 0.4) is 0 Å². The van der Waals surface area contributed by atoms with Gasteiger partial charge in [-0.25, -0.2) is 8.78 Å². The van der Waals surface area contributed by atoms with Crippen molar-refractivity contribution in [2.45, 2.75) is 0 Å². The number of nitrogens with one attached hydrogen (secondary N) is 1. The van der Waals surface area contributed by atoms with E-state index >= 15 is 0 Å². The predicted molar refractivity (Wildman–Crippen MR) is 75.1 cm³/mol. The van der Waals surface area contributed by atoms with Crippen molar-refractivity contribution in [3.05, 3.63) is 67.9 Å². The number of halogens is 4. The van der Waals surface area contributed by atoms with Crippen LogP contribution in [0.25, 0.3) is 0 Å². The number of carbonyl (C=O) groups excluding carboxylic acids is 1. The topological polar surface area (TPSA) is 72.2 Å². The van der Waals surface area contributed by atoms with Gasteiger partial charge < -0.3 is 5.32 Å². The lowest BCUT2D eigenvalue weighted by Crippen LogP contribution is -2.16. The van der Waals surface area contributed by atoms with E-state index in [0.29, 0.717) is 10.5 Å². The van der Waals surface area contributed by atoms with Crippen LogP contribution in [-0.4, -0.2) is 10.8 Å². The normalized spacial score (nSPS) is 10.4. The maximum Gasteiger partial charge on any atom is 0.308 e. The summed E-state index contributed by atoms with van der Waals surface area (Å²) in [7, 11) is 0. The lowest BCUT2D eigenvalue weighted by atomic mass is 10.1. The summed E-state index contributed by atoms with van der Waals surface area (Å²) < 4.78 is 40.7. The Labute approximate surface area is 130 Å². The van der Waals surface area contributed by atoms with Gasteiger partial charge in [0.05, 0.1) is 16.2 Å². The summed E-state index contributed by atoms with van der Waals surface area (Å²) in [5.74, 6) is -6.98. The molecule has 0 unspecified atom stereocenters. The molecule has 114 valence electrons. The molecule has 2 aromatic carbocycles. The molecule has 0 radical (unpaired) electrons. The minimum absolute atomic E-state index is 0.235. The van der Waals surface area contributed by atoms with Crippen LogP contribution in [0.1, 0.15) is 10.4 Å². The maximum absolute atomic E-state index is 13.6. The number of para-hydroxylation sites is 1. The maximum atomic E-state index is 13.6. The number of carbonyl (C=O) groups is 1. The second-order valence-corrected chi connectivity index (χ2v) is 4.93. The van der Waals surface area contributed by atoms with Crippen LogP contribution in [0.5, 0.6) is 0 Å². The van der Waals surface area contributed by atoms with E-state index in [-0.39, 0.29) is 5.69 Å².